The molecule has 120 valence electrons. The third-order valence-corrected chi connectivity index (χ3v) is 3.46. The van der Waals surface area contributed by atoms with Gasteiger partial charge in [-0.15, -0.1) is 0 Å². The van der Waals surface area contributed by atoms with Crippen molar-refractivity contribution in [2.24, 2.45) is 5.73 Å². The smallest absolute Gasteiger partial charge is 0.265 e. The largest absolute Gasteiger partial charge is 0.481 e. The molecule has 0 heterocycles. The van der Waals surface area contributed by atoms with Crippen molar-refractivity contribution in [3.63, 3.8) is 0 Å². The van der Waals surface area contributed by atoms with Crippen LogP contribution in [0.2, 0.25) is 0 Å². The Morgan fingerprint density at radius 1 is 1.13 bits per heavy atom. The highest BCUT2D eigenvalue weighted by Gasteiger charge is 2.16. The van der Waals surface area contributed by atoms with E-state index in [1.54, 1.807) is 31.2 Å². The van der Waals surface area contributed by atoms with Crippen molar-refractivity contribution in [2.75, 3.05) is 5.32 Å². The number of nitrogens with two attached hydrogens (primary N) is 1. The zero-order valence-electron chi connectivity index (χ0n) is 13.2. The molecule has 0 saturated carbocycles. The Morgan fingerprint density at radius 3 is 2.39 bits per heavy atom. The van der Waals surface area contributed by atoms with Gasteiger partial charge in [0.15, 0.2) is 6.10 Å². The van der Waals surface area contributed by atoms with E-state index in [0.717, 1.165) is 12.0 Å². The molecule has 0 fully saturated rings. The summed E-state index contributed by atoms with van der Waals surface area (Å²) in [6.07, 6.45) is 0.192. The van der Waals surface area contributed by atoms with Crippen molar-refractivity contribution in [1.29, 1.82) is 0 Å². The molecule has 0 aliphatic carbocycles. The third-order valence-electron chi connectivity index (χ3n) is 3.46. The minimum Gasteiger partial charge on any atom is -0.481 e. The lowest BCUT2D eigenvalue weighted by Gasteiger charge is -2.17. The number of anilines is 1. The number of amides is 2. The molecule has 0 unspecified atom stereocenters. The van der Waals surface area contributed by atoms with Gasteiger partial charge in [0.05, 0.1) is 0 Å². The van der Waals surface area contributed by atoms with Crippen LogP contribution < -0.4 is 15.8 Å². The maximum absolute atomic E-state index is 12.2. The quantitative estimate of drug-likeness (QED) is 0.860. The van der Waals surface area contributed by atoms with E-state index in [4.69, 9.17) is 10.5 Å². The number of para-hydroxylation sites is 1. The van der Waals surface area contributed by atoms with Crippen LogP contribution in [-0.2, 0) is 11.2 Å². The van der Waals surface area contributed by atoms with Crippen molar-refractivity contribution in [3.05, 3.63) is 59.7 Å². The van der Waals surface area contributed by atoms with Gasteiger partial charge in [-0.25, -0.2) is 0 Å². The summed E-state index contributed by atoms with van der Waals surface area (Å²) in [6, 6.07) is 14.0. The molecule has 2 aromatic rings. The Labute approximate surface area is 135 Å². The van der Waals surface area contributed by atoms with Crippen LogP contribution >= 0.6 is 0 Å². The monoisotopic (exact) mass is 312 g/mol. The zero-order chi connectivity index (χ0) is 16.8. The van der Waals surface area contributed by atoms with Crippen molar-refractivity contribution < 1.29 is 14.3 Å². The average molecular weight is 312 g/mol. The molecule has 1 atom stereocenters. The number of nitrogens with one attached hydrogen (secondary N) is 1. The van der Waals surface area contributed by atoms with Crippen LogP contribution in [0, 0.1) is 0 Å². The fourth-order valence-corrected chi connectivity index (χ4v) is 2.12. The number of hydrogen-bond acceptors (Lipinski definition) is 3. The van der Waals surface area contributed by atoms with Gasteiger partial charge in [-0.2, -0.15) is 0 Å². The van der Waals surface area contributed by atoms with E-state index in [-0.39, 0.29) is 5.91 Å². The Balaban J connectivity index is 2.01. The summed E-state index contributed by atoms with van der Waals surface area (Å²) >= 11 is 0. The second kappa shape index (κ2) is 7.45. The molecule has 5 nitrogen and oxygen atoms in total. The number of aryl methyl sites for hydroxylation is 1. The first-order chi connectivity index (χ1) is 11.0. The van der Waals surface area contributed by atoms with Crippen LogP contribution in [0.4, 0.5) is 5.69 Å². The SMILES string of the molecule is CCc1ccccc1O[C@@H](C)C(=O)Nc1ccc(C(N)=O)cc1. The molecule has 0 aliphatic heterocycles. The predicted molar refractivity (Wildman–Crippen MR) is 89.5 cm³/mol. The standard InChI is InChI=1S/C18H20N2O3/c1-3-13-6-4-5-7-16(13)23-12(2)18(22)20-15-10-8-14(9-11-15)17(19)21/h4-12H,3H2,1-2H3,(H2,19,21)(H,20,22)/t12-/m0/s1. The second-order valence-electron chi connectivity index (χ2n) is 5.15. The maximum atomic E-state index is 12.2. The van der Waals surface area contributed by atoms with Crippen molar-refractivity contribution in [1.82, 2.24) is 0 Å². The van der Waals surface area contributed by atoms with Gasteiger partial charge in [-0.1, -0.05) is 25.1 Å². The Hall–Kier alpha value is -2.82. The van der Waals surface area contributed by atoms with Gasteiger partial charge in [-0.3, -0.25) is 9.59 Å². The van der Waals surface area contributed by atoms with Crippen LogP contribution in [0.3, 0.4) is 0 Å². The van der Waals surface area contributed by atoms with Gasteiger partial charge in [0, 0.05) is 11.3 Å². The first kappa shape index (κ1) is 16.5. The molecule has 0 spiro atoms. The lowest BCUT2D eigenvalue weighted by molar-refractivity contribution is -0.122. The van der Waals surface area contributed by atoms with Crippen LogP contribution in [0.1, 0.15) is 29.8 Å². The van der Waals surface area contributed by atoms with Crippen molar-refractivity contribution in [2.45, 2.75) is 26.4 Å². The molecule has 0 aromatic heterocycles. The fourth-order valence-electron chi connectivity index (χ4n) is 2.12. The van der Waals surface area contributed by atoms with E-state index < -0.39 is 12.0 Å². The average Bonchev–Trinajstić information content (AvgIpc) is 2.55. The van der Waals surface area contributed by atoms with Gasteiger partial charge in [0.2, 0.25) is 5.91 Å². The summed E-state index contributed by atoms with van der Waals surface area (Å²) in [4.78, 5) is 23.2. The summed E-state index contributed by atoms with van der Waals surface area (Å²) in [5.41, 5.74) is 7.21. The Morgan fingerprint density at radius 2 is 1.78 bits per heavy atom. The molecule has 2 aromatic carbocycles. The summed E-state index contributed by atoms with van der Waals surface area (Å²) in [5.74, 6) is -0.0554. The number of ether oxygens (including phenoxy) is 1. The molecule has 3 N–H and O–H groups in total. The summed E-state index contributed by atoms with van der Waals surface area (Å²) in [7, 11) is 0. The molecule has 0 bridgehead atoms. The molecule has 0 saturated heterocycles. The highest BCUT2D eigenvalue weighted by Crippen LogP contribution is 2.20. The predicted octanol–water partition coefficient (Wildman–Crippen LogP) is 2.75. The number of carbonyl (C=O) groups is 2. The van der Waals surface area contributed by atoms with Gasteiger partial charge in [0.25, 0.3) is 5.91 Å². The summed E-state index contributed by atoms with van der Waals surface area (Å²) in [6.45, 7) is 3.73. The molecule has 2 amide bonds. The molecule has 5 heteroatoms. The van der Waals surface area contributed by atoms with E-state index in [1.165, 1.54) is 0 Å². The molecule has 23 heavy (non-hydrogen) atoms. The lowest BCUT2D eigenvalue weighted by Crippen LogP contribution is -2.30. The van der Waals surface area contributed by atoms with E-state index >= 15 is 0 Å². The highest BCUT2D eigenvalue weighted by molar-refractivity contribution is 5.96. The van der Waals surface area contributed by atoms with E-state index in [2.05, 4.69) is 5.32 Å². The number of carbonyl (C=O) groups excluding carboxylic acids is 2. The van der Waals surface area contributed by atoms with Crippen LogP contribution in [0.15, 0.2) is 48.5 Å². The minimum absolute atomic E-state index is 0.261. The van der Waals surface area contributed by atoms with Gasteiger partial charge in [-0.05, 0) is 49.2 Å². The molecular formula is C18H20N2O3. The minimum atomic E-state index is -0.640. The summed E-state index contributed by atoms with van der Waals surface area (Å²) in [5, 5.41) is 2.75. The number of rotatable bonds is 6. The van der Waals surface area contributed by atoms with Crippen LogP contribution in [-0.4, -0.2) is 17.9 Å². The van der Waals surface area contributed by atoms with Gasteiger partial charge >= 0.3 is 0 Å². The highest BCUT2D eigenvalue weighted by atomic mass is 16.5. The van der Waals surface area contributed by atoms with E-state index in [9.17, 15) is 9.59 Å². The Bertz CT molecular complexity index is 696. The number of benzene rings is 2. The zero-order valence-corrected chi connectivity index (χ0v) is 13.2. The molecule has 0 radical (unpaired) electrons. The first-order valence-corrected chi connectivity index (χ1v) is 7.46. The first-order valence-electron chi connectivity index (χ1n) is 7.46. The van der Waals surface area contributed by atoms with Crippen molar-refractivity contribution in [3.8, 4) is 5.75 Å². The third kappa shape index (κ3) is 4.32. The Kier molecular flexibility index (Phi) is 5.36. The fraction of sp³-hybridized carbons (Fsp3) is 0.222. The maximum Gasteiger partial charge on any atom is 0.265 e. The van der Waals surface area contributed by atoms with E-state index in [1.807, 2.05) is 31.2 Å². The number of primary amides is 1. The van der Waals surface area contributed by atoms with Gasteiger partial charge in [0.1, 0.15) is 5.75 Å². The lowest BCUT2D eigenvalue weighted by atomic mass is 10.1. The second-order valence-corrected chi connectivity index (χ2v) is 5.15. The van der Waals surface area contributed by atoms with E-state index in [0.29, 0.717) is 17.0 Å². The normalized spacial score (nSPS) is 11.6. The molecule has 0 aliphatic rings. The number of hydrogen-bond donors (Lipinski definition) is 2. The topological polar surface area (TPSA) is 81.4 Å². The van der Waals surface area contributed by atoms with Gasteiger partial charge < -0.3 is 15.8 Å². The molecule has 2 rings (SSSR count). The molecular weight excluding hydrogens is 292 g/mol. The van der Waals surface area contributed by atoms with Crippen LogP contribution in [0.5, 0.6) is 5.75 Å². The van der Waals surface area contributed by atoms with Crippen LogP contribution in [0.25, 0.3) is 0 Å². The summed E-state index contributed by atoms with van der Waals surface area (Å²) < 4.78 is 5.75. The van der Waals surface area contributed by atoms with Crippen molar-refractivity contribution >= 4 is 17.5 Å².